The summed E-state index contributed by atoms with van der Waals surface area (Å²) in [6.07, 6.45) is 3.58. The van der Waals surface area contributed by atoms with Crippen molar-refractivity contribution in [2.75, 3.05) is 0 Å². The van der Waals surface area contributed by atoms with Crippen LogP contribution in [0.5, 0.6) is 11.5 Å². The Morgan fingerprint density at radius 1 is 0.727 bits per heavy atom. The van der Waals surface area contributed by atoms with Gasteiger partial charge in [0.2, 0.25) is 0 Å². The molecule has 0 unspecified atom stereocenters. The van der Waals surface area contributed by atoms with Crippen LogP contribution in [0, 0.1) is 5.92 Å². The first kappa shape index (κ1) is 24.5. The second kappa shape index (κ2) is 9.23. The zero-order valence-corrected chi connectivity index (χ0v) is 21.5. The van der Waals surface area contributed by atoms with Crippen LogP contribution < -0.4 is 0 Å². The van der Waals surface area contributed by atoms with Gasteiger partial charge in [0, 0.05) is 5.41 Å². The van der Waals surface area contributed by atoms with Crippen molar-refractivity contribution in [2.24, 2.45) is 5.92 Å². The van der Waals surface area contributed by atoms with E-state index in [1.54, 1.807) is 24.3 Å². The zero-order chi connectivity index (χ0) is 24.0. The van der Waals surface area contributed by atoms with Crippen molar-refractivity contribution < 1.29 is 10.2 Å². The van der Waals surface area contributed by atoms with E-state index in [1.165, 1.54) is 5.56 Å². The summed E-state index contributed by atoms with van der Waals surface area (Å²) >= 11 is 25.3. The minimum atomic E-state index is -0.453. The number of hydrogen-bond acceptors (Lipinski definition) is 2. The molecule has 0 aromatic heterocycles. The lowest BCUT2D eigenvalue weighted by Crippen LogP contribution is -2.39. The monoisotopic (exact) mass is 522 g/mol. The molecule has 6 heteroatoms. The average molecular weight is 524 g/mol. The predicted molar refractivity (Wildman–Crippen MR) is 138 cm³/mol. The molecule has 1 aliphatic rings. The van der Waals surface area contributed by atoms with Gasteiger partial charge in [0.1, 0.15) is 0 Å². The number of benzene rings is 3. The maximum Gasteiger partial charge on any atom is 0.152 e. The van der Waals surface area contributed by atoms with Gasteiger partial charge in [0.25, 0.3) is 0 Å². The summed E-state index contributed by atoms with van der Waals surface area (Å²) in [5.41, 5.74) is 2.70. The highest BCUT2D eigenvalue weighted by Crippen LogP contribution is 2.53. The predicted octanol–water partition coefficient (Wildman–Crippen LogP) is 9.17. The topological polar surface area (TPSA) is 40.5 Å². The summed E-state index contributed by atoms with van der Waals surface area (Å²) in [4.78, 5) is 0. The highest BCUT2D eigenvalue weighted by molar-refractivity contribution is 6.37. The van der Waals surface area contributed by atoms with Crippen molar-refractivity contribution in [3.63, 3.8) is 0 Å². The fourth-order valence-electron chi connectivity index (χ4n) is 5.36. The molecule has 0 spiro atoms. The van der Waals surface area contributed by atoms with E-state index in [1.807, 2.05) is 6.07 Å². The highest BCUT2D eigenvalue weighted by atomic mass is 35.5. The molecule has 33 heavy (non-hydrogen) atoms. The molecule has 1 fully saturated rings. The van der Waals surface area contributed by atoms with E-state index in [4.69, 9.17) is 46.4 Å². The lowest BCUT2D eigenvalue weighted by Gasteiger charge is -2.46. The Hall–Kier alpha value is -1.58. The second-order valence-corrected chi connectivity index (χ2v) is 11.1. The van der Waals surface area contributed by atoms with Gasteiger partial charge in [-0.1, -0.05) is 90.6 Å². The molecule has 2 N–H and O–H groups in total. The third kappa shape index (κ3) is 4.44. The Morgan fingerprint density at radius 2 is 1.12 bits per heavy atom. The average Bonchev–Trinajstić information content (AvgIpc) is 2.81. The fourth-order valence-corrected chi connectivity index (χ4v) is 6.34. The maximum absolute atomic E-state index is 10.1. The molecule has 1 saturated carbocycles. The number of phenols is 2. The van der Waals surface area contributed by atoms with Crippen LogP contribution in [0.3, 0.4) is 0 Å². The van der Waals surface area contributed by atoms with E-state index in [0.29, 0.717) is 5.92 Å². The van der Waals surface area contributed by atoms with Crippen LogP contribution in [-0.4, -0.2) is 10.2 Å². The van der Waals surface area contributed by atoms with E-state index >= 15 is 0 Å². The molecule has 0 amide bonds. The first-order valence-electron chi connectivity index (χ1n) is 11.0. The summed E-state index contributed by atoms with van der Waals surface area (Å²) in [5, 5.41) is 21.1. The van der Waals surface area contributed by atoms with Gasteiger partial charge in [-0.05, 0) is 78.0 Å². The summed E-state index contributed by atoms with van der Waals surface area (Å²) < 4.78 is 0. The van der Waals surface area contributed by atoms with Crippen LogP contribution in [0.15, 0.2) is 54.6 Å². The number of aromatic hydroxyl groups is 2. The van der Waals surface area contributed by atoms with Gasteiger partial charge < -0.3 is 10.2 Å². The maximum atomic E-state index is 10.1. The second-order valence-electron chi connectivity index (χ2n) is 9.52. The van der Waals surface area contributed by atoms with Crippen LogP contribution in [0.2, 0.25) is 20.1 Å². The Bertz CT molecular complexity index is 1060. The van der Waals surface area contributed by atoms with Gasteiger partial charge >= 0.3 is 0 Å². The zero-order valence-electron chi connectivity index (χ0n) is 18.5. The van der Waals surface area contributed by atoms with Crippen molar-refractivity contribution in [1.29, 1.82) is 0 Å². The molecular formula is C27H26Cl4O2. The van der Waals surface area contributed by atoms with Gasteiger partial charge in [-0.2, -0.15) is 0 Å². The lowest BCUT2D eigenvalue weighted by molar-refractivity contribution is 0.189. The SMILES string of the molecule is CC(C)(c1ccccc1)C1CCC(c2cc(Cl)c(O)c(Cl)c2)(c2cc(Cl)c(O)c(Cl)c2)CC1. The first-order valence-corrected chi connectivity index (χ1v) is 12.5. The molecule has 2 nitrogen and oxygen atoms in total. The van der Waals surface area contributed by atoms with Crippen molar-refractivity contribution in [3.05, 3.63) is 91.4 Å². The molecule has 0 saturated heterocycles. The normalized spacial score (nSPS) is 16.7. The largest absolute Gasteiger partial charge is 0.505 e. The molecule has 0 aliphatic heterocycles. The van der Waals surface area contributed by atoms with E-state index in [0.717, 1.165) is 36.8 Å². The molecular weight excluding hydrogens is 498 g/mol. The van der Waals surface area contributed by atoms with E-state index in [9.17, 15) is 10.2 Å². The van der Waals surface area contributed by atoms with Crippen molar-refractivity contribution in [1.82, 2.24) is 0 Å². The Kier molecular flexibility index (Phi) is 6.86. The van der Waals surface area contributed by atoms with Gasteiger partial charge in [0.05, 0.1) is 20.1 Å². The van der Waals surface area contributed by atoms with Gasteiger partial charge in [0.15, 0.2) is 11.5 Å². The Morgan fingerprint density at radius 3 is 1.52 bits per heavy atom. The number of rotatable bonds is 4. The van der Waals surface area contributed by atoms with Crippen molar-refractivity contribution in [3.8, 4) is 11.5 Å². The van der Waals surface area contributed by atoms with Crippen molar-refractivity contribution in [2.45, 2.75) is 50.4 Å². The first-order chi connectivity index (χ1) is 15.6. The number of halogens is 4. The van der Waals surface area contributed by atoms with E-state index in [2.05, 4.69) is 38.1 Å². The van der Waals surface area contributed by atoms with Gasteiger partial charge in [-0.25, -0.2) is 0 Å². The molecule has 174 valence electrons. The van der Waals surface area contributed by atoms with Crippen LogP contribution >= 0.6 is 46.4 Å². The van der Waals surface area contributed by atoms with Crippen LogP contribution in [0.25, 0.3) is 0 Å². The molecule has 3 aromatic rings. The van der Waals surface area contributed by atoms with Crippen molar-refractivity contribution >= 4 is 46.4 Å². The standard InChI is InChI=1S/C27H26Cl4O2/c1-26(2,16-6-4-3-5-7-16)17-8-10-27(11-9-17,18-12-20(28)24(32)21(29)13-18)19-14-22(30)25(33)23(31)15-19/h3-7,12-15,17,32-33H,8-11H2,1-2H3. The van der Waals surface area contributed by atoms with Crippen LogP contribution in [0.4, 0.5) is 0 Å². The number of hydrogen-bond donors (Lipinski definition) is 2. The minimum absolute atomic E-state index is 0.0158. The van der Waals surface area contributed by atoms with Crippen LogP contribution in [0.1, 0.15) is 56.2 Å². The highest BCUT2D eigenvalue weighted by Gasteiger charge is 2.43. The summed E-state index contributed by atoms with van der Waals surface area (Å²) in [5.74, 6) is 0.218. The van der Waals surface area contributed by atoms with Gasteiger partial charge in [-0.15, -0.1) is 0 Å². The smallest absolute Gasteiger partial charge is 0.152 e. The molecule has 3 aromatic carbocycles. The molecule has 1 aliphatic carbocycles. The molecule has 0 radical (unpaired) electrons. The third-order valence-electron chi connectivity index (χ3n) is 7.52. The van der Waals surface area contributed by atoms with Crippen LogP contribution in [-0.2, 0) is 10.8 Å². The summed E-state index contributed by atoms with van der Waals surface area (Å²) in [6, 6.07) is 17.7. The van der Waals surface area contributed by atoms with E-state index in [-0.39, 0.29) is 37.0 Å². The summed E-state index contributed by atoms with van der Waals surface area (Å²) in [6.45, 7) is 4.62. The number of phenolic OH excluding ortho intramolecular Hbond substituents is 2. The minimum Gasteiger partial charge on any atom is -0.505 e. The molecule has 0 atom stereocenters. The Labute approximate surface area is 215 Å². The fraction of sp³-hybridized carbons (Fsp3) is 0.333. The molecule has 4 rings (SSSR count). The molecule has 0 heterocycles. The third-order valence-corrected chi connectivity index (χ3v) is 8.67. The molecule has 0 bridgehead atoms. The Balaban J connectivity index is 1.78. The van der Waals surface area contributed by atoms with E-state index < -0.39 is 5.41 Å². The lowest BCUT2D eigenvalue weighted by atomic mass is 9.58. The quantitative estimate of drug-likeness (QED) is 0.357. The summed E-state index contributed by atoms with van der Waals surface area (Å²) in [7, 11) is 0. The van der Waals surface area contributed by atoms with Gasteiger partial charge in [-0.3, -0.25) is 0 Å².